The molecule has 0 saturated carbocycles. The minimum Gasteiger partial charge on any atom is -0.484 e. The molecule has 0 spiro atoms. The highest BCUT2D eigenvalue weighted by Crippen LogP contribution is 2.25. The summed E-state index contributed by atoms with van der Waals surface area (Å²) in [4.78, 5) is 12.5. The quantitative estimate of drug-likeness (QED) is 0.410. The first-order valence-corrected chi connectivity index (χ1v) is 13.5. The third kappa shape index (κ3) is 7.23. The fourth-order valence-corrected chi connectivity index (χ4v) is 4.84. The first-order chi connectivity index (χ1) is 16.4. The first kappa shape index (κ1) is 26.6. The van der Waals surface area contributed by atoms with Crippen molar-refractivity contribution in [1.82, 2.24) is 5.32 Å². The Hall–Kier alpha value is -3.03. The van der Waals surface area contributed by atoms with E-state index in [0.29, 0.717) is 16.5 Å². The maximum absolute atomic E-state index is 12.5. The lowest BCUT2D eigenvalue weighted by molar-refractivity contribution is -0.123. The molecule has 1 atom stereocenters. The van der Waals surface area contributed by atoms with Crippen molar-refractivity contribution in [2.45, 2.75) is 40.3 Å². The largest absolute Gasteiger partial charge is 0.484 e. The molecule has 0 aliphatic carbocycles. The Bertz CT molecular complexity index is 1290. The molecule has 6 nitrogen and oxygen atoms in total. The maximum Gasteiger partial charge on any atom is 0.258 e. The number of aryl methyl sites for hydroxylation is 3. The van der Waals surface area contributed by atoms with Crippen LogP contribution in [0.1, 0.15) is 40.8 Å². The van der Waals surface area contributed by atoms with Crippen molar-refractivity contribution in [2.24, 2.45) is 0 Å². The molecule has 0 aliphatic heterocycles. The minimum absolute atomic E-state index is 0.145. The van der Waals surface area contributed by atoms with Crippen molar-refractivity contribution in [3.8, 4) is 5.75 Å². The summed E-state index contributed by atoms with van der Waals surface area (Å²) in [6.45, 7) is 8.14. The van der Waals surface area contributed by atoms with Crippen LogP contribution < -0.4 is 14.4 Å². The van der Waals surface area contributed by atoms with Crippen molar-refractivity contribution < 1.29 is 17.9 Å². The summed E-state index contributed by atoms with van der Waals surface area (Å²) in [6, 6.07) is 17.7. The second-order valence-electron chi connectivity index (χ2n) is 8.76. The van der Waals surface area contributed by atoms with Crippen LogP contribution >= 0.6 is 11.6 Å². The fraction of sp³-hybridized carbons (Fsp3) is 0.296. The van der Waals surface area contributed by atoms with Crippen molar-refractivity contribution in [3.63, 3.8) is 0 Å². The molecule has 3 aromatic rings. The van der Waals surface area contributed by atoms with Gasteiger partial charge in [-0.3, -0.25) is 9.10 Å². The average molecular weight is 515 g/mol. The lowest BCUT2D eigenvalue weighted by Crippen LogP contribution is -2.31. The topological polar surface area (TPSA) is 75.7 Å². The van der Waals surface area contributed by atoms with Crippen LogP contribution in [0.4, 0.5) is 5.69 Å². The molecule has 35 heavy (non-hydrogen) atoms. The van der Waals surface area contributed by atoms with Gasteiger partial charge >= 0.3 is 0 Å². The summed E-state index contributed by atoms with van der Waals surface area (Å²) < 4.78 is 31.7. The van der Waals surface area contributed by atoms with Gasteiger partial charge in [0, 0.05) is 5.02 Å². The lowest BCUT2D eigenvalue weighted by Gasteiger charge is -2.23. The summed E-state index contributed by atoms with van der Waals surface area (Å²) >= 11 is 5.93. The summed E-state index contributed by atoms with van der Waals surface area (Å²) in [5.74, 6) is 0.235. The SMILES string of the molecule is Cc1cc(C)c(C(C)NC(=O)COc2ccc(N(Cc3ccc(Cl)cc3)S(C)(=O)=O)cc2)cc1C. The number of nitrogens with one attached hydrogen (secondary N) is 1. The van der Waals surface area contributed by atoms with Gasteiger partial charge in [0.05, 0.1) is 24.5 Å². The van der Waals surface area contributed by atoms with Crippen LogP contribution in [-0.2, 0) is 21.4 Å². The van der Waals surface area contributed by atoms with Gasteiger partial charge in [0.2, 0.25) is 10.0 Å². The maximum atomic E-state index is 12.5. The molecular weight excluding hydrogens is 484 g/mol. The van der Waals surface area contributed by atoms with E-state index in [-0.39, 0.29) is 25.1 Å². The van der Waals surface area contributed by atoms with Gasteiger partial charge < -0.3 is 10.1 Å². The molecule has 1 unspecified atom stereocenters. The van der Waals surface area contributed by atoms with Crippen LogP contribution in [0.25, 0.3) is 0 Å². The second kappa shape index (κ2) is 11.1. The minimum atomic E-state index is -3.52. The Labute approximate surface area is 212 Å². The zero-order chi connectivity index (χ0) is 25.8. The number of amides is 1. The molecule has 8 heteroatoms. The van der Waals surface area contributed by atoms with E-state index in [1.54, 1.807) is 48.5 Å². The molecule has 0 bridgehead atoms. The number of sulfonamides is 1. The number of nitrogens with zero attached hydrogens (tertiary/aromatic N) is 1. The molecule has 3 aromatic carbocycles. The summed E-state index contributed by atoms with van der Waals surface area (Å²) in [7, 11) is -3.52. The molecule has 0 radical (unpaired) electrons. The lowest BCUT2D eigenvalue weighted by atomic mass is 9.96. The van der Waals surface area contributed by atoms with E-state index in [9.17, 15) is 13.2 Å². The van der Waals surface area contributed by atoms with Gasteiger partial charge in [0.15, 0.2) is 6.61 Å². The Morgan fingerprint density at radius 2 is 1.57 bits per heavy atom. The van der Waals surface area contributed by atoms with Gasteiger partial charge in [-0.1, -0.05) is 35.9 Å². The van der Waals surface area contributed by atoms with E-state index in [1.807, 2.05) is 13.8 Å². The highest BCUT2D eigenvalue weighted by Gasteiger charge is 2.18. The van der Waals surface area contributed by atoms with Gasteiger partial charge in [-0.15, -0.1) is 0 Å². The molecule has 1 N–H and O–H groups in total. The van der Waals surface area contributed by atoms with Gasteiger partial charge in [-0.2, -0.15) is 0 Å². The number of benzene rings is 3. The van der Waals surface area contributed by atoms with E-state index in [4.69, 9.17) is 16.3 Å². The van der Waals surface area contributed by atoms with Crippen molar-refractivity contribution in [3.05, 3.63) is 93.5 Å². The van der Waals surface area contributed by atoms with E-state index in [1.165, 1.54) is 15.4 Å². The summed E-state index contributed by atoms with van der Waals surface area (Å²) in [6.07, 6.45) is 1.16. The Morgan fingerprint density at radius 1 is 0.971 bits per heavy atom. The Morgan fingerprint density at radius 3 is 2.17 bits per heavy atom. The van der Waals surface area contributed by atoms with Crippen LogP contribution in [-0.4, -0.2) is 27.2 Å². The van der Waals surface area contributed by atoms with Crippen molar-refractivity contribution in [1.29, 1.82) is 0 Å². The molecule has 0 aromatic heterocycles. The number of carbonyl (C=O) groups is 1. The third-order valence-electron chi connectivity index (χ3n) is 5.86. The predicted octanol–water partition coefficient (Wildman–Crippen LogP) is 5.49. The number of hydrogen-bond donors (Lipinski definition) is 1. The molecule has 3 rings (SSSR count). The average Bonchev–Trinajstić information content (AvgIpc) is 2.79. The number of halogens is 1. The molecule has 0 fully saturated rings. The fourth-order valence-electron chi connectivity index (χ4n) is 3.82. The van der Waals surface area contributed by atoms with Gasteiger partial charge in [0.1, 0.15) is 5.75 Å². The number of carbonyl (C=O) groups excluding carboxylic acids is 1. The number of anilines is 1. The highest BCUT2D eigenvalue weighted by atomic mass is 35.5. The monoisotopic (exact) mass is 514 g/mol. The standard InChI is InChI=1S/C27H31ClN2O4S/c1-18-14-20(3)26(15-19(18)2)21(4)29-27(31)17-34-25-12-10-24(11-13-25)30(35(5,32)33)16-22-6-8-23(28)9-7-22/h6-15,21H,16-17H2,1-5H3,(H,29,31). The summed E-state index contributed by atoms with van der Waals surface area (Å²) in [5.41, 5.74) is 5.92. The van der Waals surface area contributed by atoms with Gasteiger partial charge in [0.25, 0.3) is 5.91 Å². The third-order valence-corrected chi connectivity index (χ3v) is 7.25. The van der Waals surface area contributed by atoms with Crippen LogP contribution in [0.15, 0.2) is 60.7 Å². The molecular formula is C27H31ClN2O4S. The van der Waals surface area contributed by atoms with E-state index in [2.05, 4.69) is 31.3 Å². The predicted molar refractivity (Wildman–Crippen MR) is 142 cm³/mol. The van der Waals surface area contributed by atoms with Crippen molar-refractivity contribution >= 4 is 33.2 Å². The van der Waals surface area contributed by atoms with Crippen LogP contribution in [0.3, 0.4) is 0 Å². The molecule has 186 valence electrons. The number of ether oxygens (including phenoxy) is 1. The van der Waals surface area contributed by atoms with E-state index in [0.717, 1.165) is 22.9 Å². The number of rotatable bonds is 9. The molecule has 0 saturated heterocycles. The second-order valence-corrected chi connectivity index (χ2v) is 11.1. The zero-order valence-corrected chi connectivity index (χ0v) is 22.2. The normalized spacial score (nSPS) is 12.2. The van der Waals surface area contributed by atoms with E-state index >= 15 is 0 Å². The Balaban J connectivity index is 1.62. The van der Waals surface area contributed by atoms with Crippen LogP contribution in [0.2, 0.25) is 5.02 Å². The molecule has 1 amide bonds. The summed E-state index contributed by atoms with van der Waals surface area (Å²) in [5, 5.41) is 3.56. The van der Waals surface area contributed by atoms with Crippen molar-refractivity contribution in [2.75, 3.05) is 17.2 Å². The molecule has 0 aliphatic rings. The first-order valence-electron chi connectivity index (χ1n) is 11.3. The zero-order valence-electron chi connectivity index (χ0n) is 20.6. The Kier molecular flexibility index (Phi) is 8.46. The van der Waals surface area contributed by atoms with Crippen LogP contribution in [0.5, 0.6) is 5.75 Å². The number of hydrogen-bond acceptors (Lipinski definition) is 4. The van der Waals surface area contributed by atoms with Crippen LogP contribution in [0, 0.1) is 20.8 Å². The van der Waals surface area contributed by atoms with Gasteiger partial charge in [-0.25, -0.2) is 8.42 Å². The van der Waals surface area contributed by atoms with Gasteiger partial charge in [-0.05, 0) is 91.9 Å². The molecule has 0 heterocycles. The smallest absolute Gasteiger partial charge is 0.258 e. The van der Waals surface area contributed by atoms with E-state index < -0.39 is 10.0 Å². The highest BCUT2D eigenvalue weighted by molar-refractivity contribution is 7.92.